The first kappa shape index (κ1) is 6.83. The summed E-state index contributed by atoms with van der Waals surface area (Å²) in [6.07, 6.45) is 0. The highest BCUT2D eigenvalue weighted by atomic mass is 35.5. The molecular formula is C2H4Cl3N. The third-order valence-corrected chi connectivity index (χ3v) is 0.761. The summed E-state index contributed by atoms with van der Waals surface area (Å²) >= 11 is 15.4. The molecule has 4 heteroatoms. The van der Waals surface area contributed by atoms with Crippen molar-refractivity contribution >= 4 is 35.2 Å². The predicted octanol–water partition coefficient (Wildman–Crippen LogP) is 1.83. The molecule has 38 valence electrons. The Balaban J connectivity index is 2.63. The molecule has 0 aliphatic carbocycles. The van der Waals surface area contributed by atoms with E-state index in [0.29, 0.717) is 12.4 Å². The summed E-state index contributed by atoms with van der Waals surface area (Å²) in [6, 6.07) is 0. The molecule has 0 saturated heterocycles. The van der Waals surface area contributed by atoms with E-state index in [-0.39, 0.29) is 0 Å². The Morgan fingerprint density at radius 1 is 1.33 bits per heavy atom. The minimum absolute atomic E-state index is 0.465. The summed E-state index contributed by atoms with van der Waals surface area (Å²) in [4.78, 5) is 0. The van der Waals surface area contributed by atoms with E-state index in [1.54, 1.807) is 0 Å². The molecular weight excluding hydrogens is 144 g/mol. The largest absolute Gasteiger partial charge is 0.131 e. The van der Waals surface area contributed by atoms with Crippen LogP contribution in [-0.2, 0) is 0 Å². The molecule has 0 heterocycles. The van der Waals surface area contributed by atoms with Crippen molar-refractivity contribution in [1.82, 2.24) is 3.94 Å². The topological polar surface area (TPSA) is 3.24 Å². The van der Waals surface area contributed by atoms with Gasteiger partial charge in [-0.1, -0.05) is 0 Å². The zero-order valence-electron chi connectivity index (χ0n) is 3.00. The van der Waals surface area contributed by atoms with Gasteiger partial charge in [0, 0.05) is 12.4 Å². The van der Waals surface area contributed by atoms with E-state index in [1.807, 2.05) is 0 Å². The van der Waals surface area contributed by atoms with Crippen LogP contribution in [0, 0.1) is 0 Å². The van der Waals surface area contributed by atoms with Crippen LogP contribution in [0.5, 0.6) is 0 Å². The lowest BCUT2D eigenvalue weighted by atomic mass is 10.8. The van der Waals surface area contributed by atoms with Crippen molar-refractivity contribution in [2.24, 2.45) is 0 Å². The molecule has 0 atom stereocenters. The molecule has 0 fully saturated rings. The number of alkyl halides is 1. The quantitative estimate of drug-likeness (QED) is 0.427. The summed E-state index contributed by atoms with van der Waals surface area (Å²) in [6.45, 7) is 0.505. The first-order valence-corrected chi connectivity index (χ1v) is 2.63. The molecule has 0 aliphatic rings. The molecule has 0 saturated carbocycles. The van der Waals surface area contributed by atoms with Crippen LogP contribution in [0.15, 0.2) is 0 Å². The second-order valence-corrected chi connectivity index (χ2v) is 2.08. The van der Waals surface area contributed by atoms with E-state index < -0.39 is 0 Å². The molecule has 6 heavy (non-hydrogen) atoms. The lowest BCUT2D eigenvalue weighted by molar-refractivity contribution is 0.755. The van der Waals surface area contributed by atoms with Crippen molar-refractivity contribution < 1.29 is 0 Å². The molecule has 0 spiro atoms. The van der Waals surface area contributed by atoms with Gasteiger partial charge in [0.05, 0.1) is 0 Å². The Bertz CT molecular complexity index is 30.0. The third kappa shape index (κ3) is 4.83. The number of rotatable bonds is 2. The lowest BCUT2D eigenvalue weighted by Crippen LogP contribution is -1.99. The smallest absolute Gasteiger partial charge is 0.0440 e. The Kier molecular flexibility index (Phi) is 4.56. The second kappa shape index (κ2) is 4.00. The highest BCUT2D eigenvalue weighted by molar-refractivity contribution is 6.34. The third-order valence-electron chi connectivity index (χ3n) is 0.254. The van der Waals surface area contributed by atoms with Crippen LogP contribution < -0.4 is 0 Å². The van der Waals surface area contributed by atoms with Gasteiger partial charge in [-0.25, -0.2) is 0 Å². The molecule has 0 amide bonds. The minimum atomic E-state index is 0.465. The van der Waals surface area contributed by atoms with E-state index in [9.17, 15) is 0 Å². The average Bonchev–Trinajstić information content (AvgIpc) is 1.35. The molecule has 0 radical (unpaired) electrons. The molecule has 0 rings (SSSR count). The van der Waals surface area contributed by atoms with Gasteiger partial charge in [-0.05, 0) is 23.6 Å². The van der Waals surface area contributed by atoms with Crippen LogP contribution in [0.1, 0.15) is 0 Å². The fourth-order valence-electron chi connectivity index (χ4n) is 0.0639. The maximum absolute atomic E-state index is 5.19. The van der Waals surface area contributed by atoms with Crippen LogP contribution >= 0.6 is 35.2 Å². The Labute approximate surface area is 52.0 Å². The molecule has 0 aliphatic heterocycles. The van der Waals surface area contributed by atoms with Gasteiger partial charge in [0.2, 0.25) is 0 Å². The molecule has 0 aromatic carbocycles. The highest BCUT2D eigenvalue weighted by Crippen LogP contribution is 1.96. The molecule has 0 N–H and O–H groups in total. The van der Waals surface area contributed by atoms with Crippen LogP contribution in [0.25, 0.3) is 0 Å². The van der Waals surface area contributed by atoms with Crippen LogP contribution in [0.4, 0.5) is 0 Å². The number of hydrogen-bond donors (Lipinski definition) is 0. The molecule has 0 aromatic heterocycles. The normalized spacial score (nSPS) is 10.0. The fraction of sp³-hybridized carbons (Fsp3) is 1.00. The van der Waals surface area contributed by atoms with Crippen molar-refractivity contribution in [3.05, 3.63) is 0 Å². The average molecular weight is 148 g/mol. The van der Waals surface area contributed by atoms with E-state index >= 15 is 0 Å². The van der Waals surface area contributed by atoms with Crippen molar-refractivity contribution in [3.8, 4) is 0 Å². The van der Waals surface area contributed by atoms with Gasteiger partial charge < -0.3 is 0 Å². The van der Waals surface area contributed by atoms with Crippen molar-refractivity contribution in [2.75, 3.05) is 12.4 Å². The van der Waals surface area contributed by atoms with E-state index in [2.05, 4.69) is 0 Å². The maximum atomic E-state index is 5.19. The number of nitrogens with zero attached hydrogens (tertiary/aromatic N) is 1. The standard InChI is InChI=1S/C2H4Cl3N/c3-1-2-6(4)5/h1-2H2. The Hall–Kier alpha value is 0.830. The zero-order chi connectivity index (χ0) is 4.99. The minimum Gasteiger partial charge on any atom is -0.131 e. The van der Waals surface area contributed by atoms with Gasteiger partial charge >= 0.3 is 0 Å². The van der Waals surface area contributed by atoms with Crippen molar-refractivity contribution in [3.63, 3.8) is 0 Å². The summed E-state index contributed by atoms with van der Waals surface area (Å²) in [5.41, 5.74) is 0. The first-order chi connectivity index (χ1) is 2.77. The van der Waals surface area contributed by atoms with Gasteiger partial charge in [-0.3, -0.25) is 0 Å². The number of hydrogen-bond acceptors (Lipinski definition) is 1. The Morgan fingerprint density at radius 3 is 1.83 bits per heavy atom. The highest BCUT2D eigenvalue weighted by Gasteiger charge is 1.87. The van der Waals surface area contributed by atoms with Crippen LogP contribution in [0.3, 0.4) is 0 Å². The van der Waals surface area contributed by atoms with Crippen molar-refractivity contribution in [2.45, 2.75) is 0 Å². The molecule has 0 aromatic rings. The SMILES string of the molecule is ClCCN(Cl)Cl. The van der Waals surface area contributed by atoms with Crippen LogP contribution in [-0.4, -0.2) is 16.4 Å². The van der Waals surface area contributed by atoms with Gasteiger partial charge in [0.1, 0.15) is 0 Å². The summed E-state index contributed by atoms with van der Waals surface area (Å²) in [5.74, 6) is 0.465. The number of halogens is 3. The zero-order valence-corrected chi connectivity index (χ0v) is 5.26. The van der Waals surface area contributed by atoms with Gasteiger partial charge in [0.15, 0.2) is 0 Å². The van der Waals surface area contributed by atoms with Gasteiger partial charge in [-0.2, -0.15) is 0 Å². The monoisotopic (exact) mass is 147 g/mol. The lowest BCUT2D eigenvalue weighted by Gasteiger charge is -1.94. The maximum Gasteiger partial charge on any atom is 0.0440 e. The van der Waals surface area contributed by atoms with Crippen molar-refractivity contribution in [1.29, 1.82) is 0 Å². The molecule has 0 bridgehead atoms. The summed E-state index contributed by atoms with van der Waals surface area (Å²) in [7, 11) is 0. The van der Waals surface area contributed by atoms with Crippen LogP contribution in [0.2, 0.25) is 0 Å². The second-order valence-electron chi connectivity index (χ2n) is 0.716. The summed E-state index contributed by atoms with van der Waals surface area (Å²) in [5, 5.41) is 0. The summed E-state index contributed by atoms with van der Waals surface area (Å²) < 4.78 is 0.993. The first-order valence-electron chi connectivity index (χ1n) is 1.42. The predicted molar refractivity (Wildman–Crippen MR) is 29.1 cm³/mol. The van der Waals surface area contributed by atoms with E-state index in [1.165, 1.54) is 0 Å². The fourth-order valence-corrected chi connectivity index (χ4v) is 0.575. The molecule has 1 nitrogen and oxygen atoms in total. The van der Waals surface area contributed by atoms with E-state index in [4.69, 9.17) is 35.2 Å². The van der Waals surface area contributed by atoms with E-state index in [0.717, 1.165) is 3.94 Å². The molecule has 0 unspecified atom stereocenters. The van der Waals surface area contributed by atoms with Gasteiger partial charge in [-0.15, -0.1) is 15.5 Å². The Morgan fingerprint density at radius 2 is 1.83 bits per heavy atom. The van der Waals surface area contributed by atoms with Gasteiger partial charge in [0.25, 0.3) is 0 Å².